The van der Waals surface area contributed by atoms with E-state index in [-0.39, 0.29) is 23.8 Å². The first-order valence-corrected chi connectivity index (χ1v) is 9.88. The summed E-state index contributed by atoms with van der Waals surface area (Å²) in [6.45, 7) is -0.434. The van der Waals surface area contributed by atoms with Crippen molar-refractivity contribution in [1.82, 2.24) is 9.88 Å². The van der Waals surface area contributed by atoms with Gasteiger partial charge in [-0.3, -0.25) is 14.3 Å². The summed E-state index contributed by atoms with van der Waals surface area (Å²) >= 11 is 0. The first-order valence-electron chi connectivity index (χ1n) is 8.40. The molecule has 0 spiro atoms. The third kappa shape index (κ3) is 4.32. The highest BCUT2D eigenvalue weighted by Crippen LogP contribution is 2.25. The number of esters is 1. The summed E-state index contributed by atoms with van der Waals surface area (Å²) in [7, 11) is -2.60. The third-order valence-corrected chi connectivity index (χ3v) is 5.43. The number of amides is 1. The van der Waals surface area contributed by atoms with E-state index in [0.717, 1.165) is 5.39 Å². The van der Waals surface area contributed by atoms with Crippen LogP contribution in [0.25, 0.3) is 10.9 Å². The van der Waals surface area contributed by atoms with Gasteiger partial charge in [-0.15, -0.1) is 0 Å². The first kappa shape index (κ1) is 19.4. The largest absolute Gasteiger partial charge is 0.468 e. The van der Waals surface area contributed by atoms with E-state index in [9.17, 15) is 18.0 Å². The molecule has 28 heavy (non-hydrogen) atoms. The number of nitrogens with zero attached hydrogens (tertiary/aromatic N) is 1. The molecule has 1 heterocycles. The summed E-state index contributed by atoms with van der Waals surface area (Å²) < 4.78 is 33.9. The van der Waals surface area contributed by atoms with Crippen LogP contribution in [-0.4, -0.2) is 38.5 Å². The number of nitrogens with one attached hydrogen (secondary N) is 2. The molecule has 0 aliphatic heterocycles. The van der Waals surface area contributed by atoms with E-state index in [2.05, 4.69) is 14.8 Å². The Labute approximate surface area is 162 Å². The monoisotopic (exact) mass is 401 g/mol. The second kappa shape index (κ2) is 8.13. The molecule has 0 saturated heterocycles. The number of carbonyl (C=O) groups is 2. The lowest BCUT2D eigenvalue weighted by molar-refractivity contribution is -0.141. The highest BCUT2D eigenvalue weighted by molar-refractivity contribution is 7.92. The number of hydrogen-bond donors (Lipinski definition) is 2. The van der Waals surface area contributed by atoms with Gasteiger partial charge in [-0.05, 0) is 24.3 Å². The molecule has 146 valence electrons. The number of benzene rings is 2. The maximum absolute atomic E-state index is 12.7. The Bertz CT molecular complexity index is 1110. The minimum absolute atomic E-state index is 0.113. The molecule has 9 heteroatoms. The lowest BCUT2D eigenvalue weighted by Gasteiger charge is -2.13. The van der Waals surface area contributed by atoms with Crippen molar-refractivity contribution in [1.29, 1.82) is 0 Å². The fraction of sp³-hybridized carbons (Fsp3) is 0.158. The highest BCUT2D eigenvalue weighted by Gasteiger charge is 2.19. The number of methoxy groups -OCH3 is 1. The molecule has 2 N–H and O–H groups in total. The Morgan fingerprint density at radius 2 is 1.71 bits per heavy atom. The second-order valence-electron chi connectivity index (χ2n) is 5.95. The number of ether oxygens (including phenoxy) is 1. The quantitative estimate of drug-likeness (QED) is 0.587. The topological polar surface area (TPSA) is 106 Å². The van der Waals surface area contributed by atoms with Crippen LogP contribution in [0.5, 0.6) is 0 Å². The number of sulfonamides is 1. The van der Waals surface area contributed by atoms with Crippen molar-refractivity contribution < 1.29 is 22.7 Å². The van der Waals surface area contributed by atoms with Crippen molar-refractivity contribution in [2.75, 3.05) is 18.4 Å². The van der Waals surface area contributed by atoms with Crippen LogP contribution in [0.1, 0.15) is 0 Å². The molecule has 1 amide bonds. The highest BCUT2D eigenvalue weighted by atomic mass is 32.2. The number of para-hydroxylation sites is 1. The lowest BCUT2D eigenvalue weighted by Crippen LogP contribution is -2.33. The summed E-state index contributed by atoms with van der Waals surface area (Å²) in [5.74, 6) is -0.777. The molecule has 0 saturated carbocycles. The summed E-state index contributed by atoms with van der Waals surface area (Å²) in [4.78, 5) is 23.6. The summed E-state index contributed by atoms with van der Waals surface area (Å²) in [5, 5.41) is 3.22. The van der Waals surface area contributed by atoms with Crippen LogP contribution >= 0.6 is 0 Å². The van der Waals surface area contributed by atoms with Gasteiger partial charge in [-0.25, -0.2) is 8.42 Å². The van der Waals surface area contributed by atoms with E-state index >= 15 is 0 Å². The van der Waals surface area contributed by atoms with Gasteiger partial charge in [0.25, 0.3) is 10.0 Å². The van der Waals surface area contributed by atoms with Gasteiger partial charge >= 0.3 is 5.97 Å². The van der Waals surface area contributed by atoms with Gasteiger partial charge in [0, 0.05) is 5.39 Å². The average Bonchev–Trinajstić information content (AvgIpc) is 3.03. The number of aromatic nitrogens is 1. The number of anilines is 1. The molecule has 8 nitrogen and oxygen atoms in total. The van der Waals surface area contributed by atoms with Gasteiger partial charge in [0.05, 0.1) is 17.5 Å². The molecule has 3 aromatic rings. The zero-order chi connectivity index (χ0) is 20.1. The van der Waals surface area contributed by atoms with Crippen LogP contribution in [0, 0.1) is 0 Å². The van der Waals surface area contributed by atoms with Crippen molar-refractivity contribution in [3.63, 3.8) is 0 Å². The Morgan fingerprint density at radius 1 is 1.04 bits per heavy atom. The van der Waals surface area contributed by atoms with E-state index < -0.39 is 21.9 Å². The van der Waals surface area contributed by atoms with Gasteiger partial charge in [0.1, 0.15) is 18.9 Å². The number of carbonyl (C=O) groups excluding carboxylic acids is 2. The van der Waals surface area contributed by atoms with Gasteiger partial charge < -0.3 is 14.6 Å². The van der Waals surface area contributed by atoms with Crippen LogP contribution in [0.4, 0.5) is 5.82 Å². The fourth-order valence-electron chi connectivity index (χ4n) is 2.70. The van der Waals surface area contributed by atoms with Crippen LogP contribution in [-0.2, 0) is 30.9 Å². The molecule has 0 unspecified atom stereocenters. The van der Waals surface area contributed by atoms with Crippen molar-refractivity contribution in [2.24, 2.45) is 0 Å². The molecule has 0 bridgehead atoms. The standard InChI is InChI=1S/C19H19N3O5S/c1-27-19(24)12-20-18(23)13-22-16-10-6-5-7-14(16)11-17(22)21-28(25,26)15-8-3-2-4-9-15/h2-11,21H,12-13H2,1H3,(H,20,23). The van der Waals surface area contributed by atoms with E-state index in [1.165, 1.54) is 19.2 Å². The van der Waals surface area contributed by atoms with Crippen LogP contribution in [0.15, 0.2) is 65.6 Å². The van der Waals surface area contributed by atoms with Crippen LogP contribution in [0.2, 0.25) is 0 Å². The SMILES string of the molecule is COC(=O)CNC(=O)Cn1c(NS(=O)(=O)c2ccccc2)cc2ccccc21. The lowest BCUT2D eigenvalue weighted by atomic mass is 10.2. The smallest absolute Gasteiger partial charge is 0.325 e. The van der Waals surface area contributed by atoms with Gasteiger partial charge in [-0.1, -0.05) is 36.4 Å². The molecule has 0 fully saturated rings. The molecule has 3 rings (SSSR count). The van der Waals surface area contributed by atoms with Crippen LogP contribution < -0.4 is 10.0 Å². The summed E-state index contributed by atoms with van der Waals surface area (Å²) in [5.41, 5.74) is 0.682. The molecular weight excluding hydrogens is 382 g/mol. The molecular formula is C19H19N3O5S. The Morgan fingerprint density at radius 3 is 2.43 bits per heavy atom. The van der Waals surface area contributed by atoms with Crippen molar-refractivity contribution in [3.05, 3.63) is 60.7 Å². The average molecular weight is 401 g/mol. The zero-order valence-corrected chi connectivity index (χ0v) is 15.9. The predicted octanol–water partition coefficient (Wildman–Crippen LogP) is 1.73. The minimum Gasteiger partial charge on any atom is -0.468 e. The van der Waals surface area contributed by atoms with E-state index in [1.807, 2.05) is 12.1 Å². The molecule has 1 aromatic heterocycles. The predicted molar refractivity (Wildman–Crippen MR) is 104 cm³/mol. The normalized spacial score (nSPS) is 11.2. The third-order valence-electron chi connectivity index (χ3n) is 4.06. The molecule has 0 aliphatic carbocycles. The molecule has 0 radical (unpaired) electrons. The Balaban J connectivity index is 1.91. The maximum atomic E-state index is 12.7. The van der Waals surface area contributed by atoms with E-state index in [1.54, 1.807) is 41.0 Å². The first-order chi connectivity index (χ1) is 13.4. The van der Waals surface area contributed by atoms with Crippen molar-refractivity contribution >= 4 is 38.6 Å². The van der Waals surface area contributed by atoms with E-state index in [0.29, 0.717) is 5.52 Å². The fourth-order valence-corrected chi connectivity index (χ4v) is 3.78. The number of fused-ring (bicyclic) bond motifs is 1. The number of rotatable bonds is 7. The molecule has 0 aliphatic rings. The zero-order valence-electron chi connectivity index (χ0n) is 15.1. The maximum Gasteiger partial charge on any atom is 0.325 e. The van der Waals surface area contributed by atoms with E-state index in [4.69, 9.17) is 0 Å². The van der Waals surface area contributed by atoms with Crippen LogP contribution in [0.3, 0.4) is 0 Å². The van der Waals surface area contributed by atoms with Crippen molar-refractivity contribution in [2.45, 2.75) is 11.4 Å². The summed E-state index contributed by atoms with van der Waals surface area (Å²) in [6, 6.07) is 16.8. The van der Waals surface area contributed by atoms with Gasteiger partial charge in [0.2, 0.25) is 5.91 Å². The Kier molecular flexibility index (Phi) is 5.65. The minimum atomic E-state index is -3.83. The van der Waals surface area contributed by atoms with Crippen molar-refractivity contribution in [3.8, 4) is 0 Å². The molecule has 2 aromatic carbocycles. The number of hydrogen-bond acceptors (Lipinski definition) is 5. The Hall–Kier alpha value is -3.33. The second-order valence-corrected chi connectivity index (χ2v) is 7.63. The molecule has 0 atom stereocenters. The van der Waals surface area contributed by atoms with Gasteiger partial charge in [0.15, 0.2) is 0 Å². The summed E-state index contributed by atoms with van der Waals surface area (Å²) in [6.07, 6.45) is 0. The van der Waals surface area contributed by atoms with Gasteiger partial charge in [-0.2, -0.15) is 0 Å².